The minimum absolute atomic E-state index is 0.162. The van der Waals surface area contributed by atoms with Gasteiger partial charge in [-0.3, -0.25) is 4.79 Å². The summed E-state index contributed by atoms with van der Waals surface area (Å²) in [6.45, 7) is 0. The number of hydrogen-bond acceptors (Lipinski definition) is 5. The lowest BCUT2D eigenvalue weighted by Gasteiger charge is -2.16. The summed E-state index contributed by atoms with van der Waals surface area (Å²) >= 11 is 5.95. The van der Waals surface area contributed by atoms with E-state index in [-0.39, 0.29) is 12.3 Å². The molecule has 7 heteroatoms. The van der Waals surface area contributed by atoms with Crippen molar-refractivity contribution in [1.82, 2.24) is 15.5 Å². The minimum Gasteiger partial charge on any atom is -0.497 e. The lowest BCUT2D eigenvalue weighted by atomic mass is 10.1. The Labute approximate surface area is 184 Å². The fourth-order valence-corrected chi connectivity index (χ4v) is 3.26. The molecular formula is C24H20ClN3O3. The Morgan fingerprint density at radius 1 is 1.00 bits per heavy atom. The monoisotopic (exact) mass is 433 g/mol. The van der Waals surface area contributed by atoms with Crippen molar-refractivity contribution in [1.29, 1.82) is 0 Å². The van der Waals surface area contributed by atoms with Crippen molar-refractivity contribution in [3.63, 3.8) is 0 Å². The molecule has 1 aromatic heterocycles. The van der Waals surface area contributed by atoms with Crippen molar-refractivity contribution < 1.29 is 13.9 Å². The second-order valence-corrected chi connectivity index (χ2v) is 7.32. The molecule has 0 bridgehead atoms. The van der Waals surface area contributed by atoms with Gasteiger partial charge in [-0.2, -0.15) is 0 Å². The van der Waals surface area contributed by atoms with Gasteiger partial charge < -0.3 is 14.5 Å². The second-order valence-electron chi connectivity index (χ2n) is 6.89. The van der Waals surface area contributed by atoms with E-state index in [1.807, 2.05) is 54.6 Å². The predicted octanol–water partition coefficient (Wildman–Crippen LogP) is 4.85. The molecule has 1 heterocycles. The quantitative estimate of drug-likeness (QED) is 0.451. The van der Waals surface area contributed by atoms with E-state index in [9.17, 15) is 4.79 Å². The molecule has 0 aliphatic carbocycles. The van der Waals surface area contributed by atoms with Gasteiger partial charge >= 0.3 is 0 Å². The lowest BCUT2D eigenvalue weighted by Crippen LogP contribution is -2.30. The van der Waals surface area contributed by atoms with Crippen molar-refractivity contribution in [2.75, 3.05) is 7.11 Å². The number of methoxy groups -OCH3 is 1. The van der Waals surface area contributed by atoms with E-state index in [1.165, 1.54) is 0 Å². The molecule has 1 atom stereocenters. The summed E-state index contributed by atoms with van der Waals surface area (Å²) in [6.07, 6.45) is 0.214. The molecule has 1 amide bonds. The number of nitrogens with zero attached hydrogens (tertiary/aromatic N) is 2. The Balaban J connectivity index is 1.56. The third-order valence-electron chi connectivity index (χ3n) is 4.74. The number of amides is 1. The molecule has 4 aromatic rings. The van der Waals surface area contributed by atoms with E-state index >= 15 is 0 Å². The number of halogens is 1. The van der Waals surface area contributed by atoms with E-state index in [2.05, 4.69) is 15.5 Å². The summed E-state index contributed by atoms with van der Waals surface area (Å²) in [5, 5.41) is 12.0. The van der Waals surface area contributed by atoms with Gasteiger partial charge in [-0.05, 0) is 47.5 Å². The highest BCUT2D eigenvalue weighted by atomic mass is 35.5. The smallest absolute Gasteiger partial charge is 0.247 e. The predicted molar refractivity (Wildman–Crippen MR) is 118 cm³/mol. The zero-order valence-corrected chi connectivity index (χ0v) is 17.5. The molecule has 0 aliphatic rings. The summed E-state index contributed by atoms with van der Waals surface area (Å²) < 4.78 is 11.1. The summed E-state index contributed by atoms with van der Waals surface area (Å²) in [5.74, 6) is 1.24. The maximum Gasteiger partial charge on any atom is 0.247 e. The van der Waals surface area contributed by atoms with Crippen LogP contribution in [0.15, 0.2) is 83.3 Å². The number of nitrogens with one attached hydrogen (secondary N) is 1. The van der Waals surface area contributed by atoms with Gasteiger partial charge in [0.05, 0.1) is 13.5 Å². The number of carbonyl (C=O) groups excluding carboxylic acids is 1. The summed E-state index contributed by atoms with van der Waals surface area (Å²) in [4.78, 5) is 12.8. The van der Waals surface area contributed by atoms with Gasteiger partial charge in [0, 0.05) is 10.6 Å². The molecule has 31 heavy (non-hydrogen) atoms. The molecule has 1 N–H and O–H groups in total. The van der Waals surface area contributed by atoms with Gasteiger partial charge in [0.2, 0.25) is 17.7 Å². The zero-order chi connectivity index (χ0) is 21.6. The Bertz CT molecular complexity index is 1140. The van der Waals surface area contributed by atoms with Crippen molar-refractivity contribution >= 4 is 17.5 Å². The van der Waals surface area contributed by atoms with Crippen LogP contribution in [-0.2, 0) is 11.2 Å². The summed E-state index contributed by atoms with van der Waals surface area (Å²) in [5.41, 5.74) is 2.47. The van der Waals surface area contributed by atoms with Crippen LogP contribution in [-0.4, -0.2) is 23.2 Å². The van der Waals surface area contributed by atoms with E-state index < -0.39 is 6.04 Å². The first-order valence-electron chi connectivity index (χ1n) is 9.69. The first kappa shape index (κ1) is 20.6. The van der Waals surface area contributed by atoms with Crippen LogP contribution >= 0.6 is 11.6 Å². The molecule has 0 saturated carbocycles. The van der Waals surface area contributed by atoms with Crippen LogP contribution in [0.4, 0.5) is 0 Å². The fraction of sp³-hybridized carbons (Fsp3) is 0.125. The molecule has 6 nitrogen and oxygen atoms in total. The Kier molecular flexibility index (Phi) is 6.29. The van der Waals surface area contributed by atoms with Crippen LogP contribution in [0.5, 0.6) is 5.75 Å². The number of benzene rings is 3. The SMILES string of the molecule is COc1ccc(CC(=O)N[C@H](c2ccccc2)c2nnc(-c3ccc(Cl)cc3)o2)cc1. The molecule has 0 radical (unpaired) electrons. The summed E-state index contributed by atoms with van der Waals surface area (Å²) in [6, 6.07) is 23.5. The van der Waals surface area contributed by atoms with E-state index in [0.717, 1.165) is 22.4 Å². The second kappa shape index (κ2) is 9.45. The molecular weight excluding hydrogens is 414 g/mol. The standard InChI is InChI=1S/C24H20ClN3O3/c1-30-20-13-7-16(8-14-20)15-21(29)26-22(17-5-3-2-4-6-17)24-28-27-23(31-24)18-9-11-19(25)12-10-18/h2-14,22H,15H2,1H3,(H,26,29)/t22-/m1/s1. The van der Waals surface area contributed by atoms with Crippen molar-refractivity contribution in [2.24, 2.45) is 0 Å². The van der Waals surface area contributed by atoms with Crippen LogP contribution < -0.4 is 10.1 Å². The van der Waals surface area contributed by atoms with Gasteiger partial charge in [0.1, 0.15) is 11.8 Å². The van der Waals surface area contributed by atoms with Crippen LogP contribution in [0.3, 0.4) is 0 Å². The third-order valence-corrected chi connectivity index (χ3v) is 4.99. The number of aromatic nitrogens is 2. The number of hydrogen-bond donors (Lipinski definition) is 1. The van der Waals surface area contributed by atoms with Crippen LogP contribution in [0, 0.1) is 0 Å². The van der Waals surface area contributed by atoms with Crippen LogP contribution in [0.1, 0.15) is 23.1 Å². The number of rotatable bonds is 7. The van der Waals surface area contributed by atoms with Crippen LogP contribution in [0.25, 0.3) is 11.5 Å². The van der Waals surface area contributed by atoms with Crippen molar-refractivity contribution in [2.45, 2.75) is 12.5 Å². The maximum atomic E-state index is 12.8. The Morgan fingerprint density at radius 2 is 1.71 bits per heavy atom. The molecule has 156 valence electrons. The molecule has 3 aromatic carbocycles. The van der Waals surface area contributed by atoms with Gasteiger partial charge in [-0.15, -0.1) is 10.2 Å². The zero-order valence-electron chi connectivity index (χ0n) is 16.8. The van der Waals surface area contributed by atoms with Crippen molar-refractivity contribution in [3.05, 3.63) is 101 Å². The molecule has 4 rings (SSSR count). The molecule has 0 aliphatic heterocycles. The normalized spacial score (nSPS) is 11.7. The highest BCUT2D eigenvalue weighted by Gasteiger charge is 2.23. The summed E-state index contributed by atoms with van der Waals surface area (Å²) in [7, 11) is 1.61. The minimum atomic E-state index is -0.569. The van der Waals surface area contributed by atoms with Gasteiger partial charge in [-0.1, -0.05) is 54.1 Å². The number of ether oxygens (including phenoxy) is 1. The average Bonchev–Trinajstić information content (AvgIpc) is 3.29. The van der Waals surface area contributed by atoms with E-state index in [0.29, 0.717) is 16.8 Å². The Hall–Kier alpha value is -3.64. The van der Waals surface area contributed by atoms with Crippen molar-refractivity contribution in [3.8, 4) is 17.2 Å². The third kappa shape index (κ3) is 5.10. The first-order chi connectivity index (χ1) is 15.1. The molecule has 0 unspecified atom stereocenters. The maximum absolute atomic E-state index is 12.8. The molecule has 0 saturated heterocycles. The lowest BCUT2D eigenvalue weighted by molar-refractivity contribution is -0.121. The van der Waals surface area contributed by atoms with Gasteiger partial charge in [-0.25, -0.2) is 0 Å². The molecule has 0 spiro atoms. The van der Waals surface area contributed by atoms with E-state index in [4.69, 9.17) is 20.8 Å². The first-order valence-corrected chi connectivity index (χ1v) is 10.1. The van der Waals surface area contributed by atoms with E-state index in [1.54, 1.807) is 31.4 Å². The topological polar surface area (TPSA) is 77.2 Å². The van der Waals surface area contributed by atoms with Crippen LogP contribution in [0.2, 0.25) is 5.02 Å². The Morgan fingerprint density at radius 3 is 2.39 bits per heavy atom. The van der Waals surface area contributed by atoms with Gasteiger partial charge in [0.15, 0.2) is 0 Å². The largest absolute Gasteiger partial charge is 0.497 e. The highest BCUT2D eigenvalue weighted by Crippen LogP contribution is 2.26. The number of carbonyl (C=O) groups is 1. The fourth-order valence-electron chi connectivity index (χ4n) is 3.13. The molecule has 0 fully saturated rings. The van der Waals surface area contributed by atoms with Gasteiger partial charge in [0.25, 0.3) is 0 Å². The highest BCUT2D eigenvalue weighted by molar-refractivity contribution is 6.30. The average molecular weight is 434 g/mol.